The summed E-state index contributed by atoms with van der Waals surface area (Å²) in [5.74, 6) is 0. The molecule has 0 amide bonds. The Morgan fingerprint density at radius 2 is 2.17 bits per heavy atom. The first kappa shape index (κ1) is 17.8. The third kappa shape index (κ3) is 4.05. The maximum atomic E-state index is 11.9. The van der Waals surface area contributed by atoms with Gasteiger partial charge in [-0.2, -0.15) is 0 Å². The minimum Gasteiger partial charge on any atom is -0.395 e. The van der Waals surface area contributed by atoms with Crippen molar-refractivity contribution in [2.45, 2.75) is 37.0 Å². The van der Waals surface area contributed by atoms with Gasteiger partial charge >= 0.3 is 5.69 Å². The van der Waals surface area contributed by atoms with Crippen LogP contribution in [-0.4, -0.2) is 69.0 Å². The molecule has 23 heavy (non-hydrogen) atoms. The van der Waals surface area contributed by atoms with E-state index in [9.17, 15) is 19.8 Å². The summed E-state index contributed by atoms with van der Waals surface area (Å²) in [5, 5.41) is 28.3. The third-order valence-electron chi connectivity index (χ3n) is 3.65. The highest BCUT2D eigenvalue weighted by Gasteiger charge is 2.45. The summed E-state index contributed by atoms with van der Waals surface area (Å²) in [6.45, 7) is -0.527. The molecule has 1 aromatic heterocycles. The smallest absolute Gasteiger partial charge is 0.330 e. The van der Waals surface area contributed by atoms with E-state index in [1.165, 1.54) is 6.20 Å². The van der Waals surface area contributed by atoms with E-state index in [2.05, 4.69) is 4.98 Å². The van der Waals surface area contributed by atoms with Crippen molar-refractivity contribution in [3.63, 3.8) is 0 Å². The normalized spacial score (nSPS) is 28.9. The Morgan fingerprint density at radius 1 is 1.43 bits per heavy atom. The van der Waals surface area contributed by atoms with Crippen molar-refractivity contribution >= 4 is 0 Å². The molecule has 2 heterocycles. The summed E-state index contributed by atoms with van der Waals surface area (Å²) >= 11 is 0. The van der Waals surface area contributed by atoms with Crippen LogP contribution in [0.4, 0.5) is 0 Å². The van der Waals surface area contributed by atoms with Gasteiger partial charge in [-0.15, -0.1) is 0 Å². The summed E-state index contributed by atoms with van der Waals surface area (Å²) in [7, 11) is 0. The fourth-order valence-electron chi connectivity index (χ4n) is 2.35. The first-order valence-corrected chi connectivity index (χ1v) is 7.21. The van der Waals surface area contributed by atoms with Gasteiger partial charge in [-0.25, -0.2) is 4.79 Å². The number of nitrogens with zero attached hydrogens (tertiary/aromatic N) is 1. The Labute approximate surface area is 131 Å². The lowest BCUT2D eigenvalue weighted by atomic mass is 10.1. The Bertz CT molecular complexity index is 616. The van der Waals surface area contributed by atoms with Crippen LogP contribution in [0, 0.1) is 0 Å². The molecule has 5 atom stereocenters. The van der Waals surface area contributed by atoms with Gasteiger partial charge in [-0.1, -0.05) is 0 Å². The molecule has 1 saturated heterocycles. The van der Waals surface area contributed by atoms with Crippen molar-refractivity contribution in [1.82, 2.24) is 9.55 Å². The first-order valence-electron chi connectivity index (χ1n) is 7.21. The molecule has 0 aromatic carbocycles. The van der Waals surface area contributed by atoms with E-state index in [1.54, 1.807) is 0 Å². The van der Waals surface area contributed by atoms with Crippen LogP contribution in [0.15, 0.2) is 21.9 Å². The Hall–Kier alpha value is -1.56. The number of aliphatic hydroxyl groups is 3. The molecule has 6 N–H and O–H groups in total. The predicted octanol–water partition coefficient (Wildman–Crippen LogP) is -3.12. The lowest BCUT2D eigenvalue weighted by Gasteiger charge is -2.22. The van der Waals surface area contributed by atoms with Gasteiger partial charge in [0.05, 0.1) is 13.2 Å². The number of ether oxygens (including phenoxy) is 2. The number of rotatable bonds is 7. The molecule has 1 aliphatic rings. The van der Waals surface area contributed by atoms with Crippen molar-refractivity contribution in [1.29, 1.82) is 0 Å². The van der Waals surface area contributed by atoms with E-state index in [0.29, 0.717) is 6.42 Å². The molecule has 1 aliphatic heterocycles. The molecule has 2 rings (SSSR count). The molecule has 0 aliphatic carbocycles. The highest BCUT2D eigenvalue weighted by Crippen LogP contribution is 2.30. The second-order valence-electron chi connectivity index (χ2n) is 5.32. The zero-order chi connectivity index (χ0) is 17.0. The average molecular weight is 331 g/mol. The molecule has 0 saturated carbocycles. The molecule has 1 fully saturated rings. The SMILES string of the molecule is N[C@H](CO)CCOC1[C@@H](O)[C@@H](CO)O[C@H]1n1ccc(=O)[nH]c1=O. The number of nitrogens with one attached hydrogen (secondary N) is 1. The molecule has 0 radical (unpaired) electrons. The first-order chi connectivity index (χ1) is 11.0. The van der Waals surface area contributed by atoms with Crippen molar-refractivity contribution in [3.8, 4) is 0 Å². The zero-order valence-corrected chi connectivity index (χ0v) is 12.4. The number of H-pyrrole nitrogens is 1. The fourth-order valence-corrected chi connectivity index (χ4v) is 2.35. The van der Waals surface area contributed by atoms with Gasteiger partial charge in [-0.3, -0.25) is 14.3 Å². The maximum Gasteiger partial charge on any atom is 0.330 e. The molecule has 130 valence electrons. The van der Waals surface area contributed by atoms with E-state index in [1.807, 2.05) is 0 Å². The van der Waals surface area contributed by atoms with Gasteiger partial charge in [0.1, 0.15) is 18.3 Å². The monoisotopic (exact) mass is 331 g/mol. The van der Waals surface area contributed by atoms with E-state index in [0.717, 1.165) is 10.6 Å². The molecule has 0 bridgehead atoms. The lowest BCUT2D eigenvalue weighted by Crippen LogP contribution is -2.40. The van der Waals surface area contributed by atoms with Crippen molar-refractivity contribution < 1.29 is 24.8 Å². The van der Waals surface area contributed by atoms with Gasteiger partial charge in [0.25, 0.3) is 5.56 Å². The molecule has 10 heteroatoms. The number of aliphatic hydroxyl groups excluding tert-OH is 3. The van der Waals surface area contributed by atoms with Gasteiger partial charge in [0, 0.05) is 24.9 Å². The highest BCUT2D eigenvalue weighted by molar-refractivity contribution is 4.94. The Kier molecular flexibility index (Phi) is 6.04. The highest BCUT2D eigenvalue weighted by atomic mass is 16.6. The summed E-state index contributed by atoms with van der Waals surface area (Å²) in [6.07, 6.45) is -2.44. The number of nitrogens with two attached hydrogens (primary N) is 1. The number of hydrogen-bond donors (Lipinski definition) is 5. The molecule has 10 nitrogen and oxygen atoms in total. The molecular formula is C13H21N3O7. The van der Waals surface area contributed by atoms with Gasteiger partial charge < -0.3 is 30.5 Å². The number of aromatic nitrogens is 2. The Balaban J connectivity index is 2.17. The quantitative estimate of drug-likeness (QED) is 0.351. The van der Waals surface area contributed by atoms with Crippen LogP contribution in [0.5, 0.6) is 0 Å². The molecule has 0 spiro atoms. The van der Waals surface area contributed by atoms with Crippen LogP contribution in [0.2, 0.25) is 0 Å². The van der Waals surface area contributed by atoms with E-state index in [4.69, 9.17) is 20.3 Å². The van der Waals surface area contributed by atoms with E-state index >= 15 is 0 Å². The Morgan fingerprint density at radius 3 is 2.78 bits per heavy atom. The predicted molar refractivity (Wildman–Crippen MR) is 77.7 cm³/mol. The molecule has 1 unspecified atom stereocenters. The van der Waals surface area contributed by atoms with E-state index < -0.39 is 48.4 Å². The summed E-state index contributed by atoms with van der Waals surface area (Å²) < 4.78 is 12.1. The van der Waals surface area contributed by atoms with Gasteiger partial charge in [-0.05, 0) is 6.42 Å². The van der Waals surface area contributed by atoms with Crippen molar-refractivity contribution in [3.05, 3.63) is 33.1 Å². The minimum atomic E-state index is -1.16. The molecule has 1 aromatic rings. The topological polar surface area (TPSA) is 160 Å². The summed E-state index contributed by atoms with van der Waals surface area (Å²) in [5.41, 5.74) is 4.30. The van der Waals surface area contributed by atoms with Gasteiger partial charge in [0.15, 0.2) is 6.23 Å². The standard InChI is InChI=1S/C13H21N3O7/c14-7(5-17)2-4-22-11-10(20)8(6-18)23-12(11)16-3-1-9(19)15-13(16)21/h1,3,7-8,10-12,17-18,20H,2,4-6,14H2,(H,15,19,21)/t7-,8+,10-,11?,12+/m0/s1. The van der Waals surface area contributed by atoms with Crippen molar-refractivity contribution in [2.75, 3.05) is 19.8 Å². The average Bonchev–Trinajstić information content (AvgIpc) is 2.83. The second kappa shape index (κ2) is 7.81. The lowest BCUT2D eigenvalue weighted by molar-refractivity contribution is -0.0757. The number of aromatic amines is 1. The fraction of sp³-hybridized carbons (Fsp3) is 0.692. The number of hydrogen-bond acceptors (Lipinski definition) is 8. The third-order valence-corrected chi connectivity index (χ3v) is 3.65. The van der Waals surface area contributed by atoms with E-state index in [-0.39, 0.29) is 13.2 Å². The van der Waals surface area contributed by atoms with Crippen LogP contribution in [0.1, 0.15) is 12.6 Å². The van der Waals surface area contributed by atoms with Gasteiger partial charge in [0.2, 0.25) is 0 Å². The summed E-state index contributed by atoms with van der Waals surface area (Å²) in [6, 6.07) is 0.680. The van der Waals surface area contributed by atoms with Crippen molar-refractivity contribution in [2.24, 2.45) is 5.73 Å². The summed E-state index contributed by atoms with van der Waals surface area (Å²) in [4.78, 5) is 25.1. The molecular weight excluding hydrogens is 310 g/mol. The van der Waals surface area contributed by atoms with Crippen LogP contribution >= 0.6 is 0 Å². The van der Waals surface area contributed by atoms with Crippen LogP contribution in [0.3, 0.4) is 0 Å². The second-order valence-corrected chi connectivity index (χ2v) is 5.32. The zero-order valence-electron chi connectivity index (χ0n) is 12.4. The van der Waals surface area contributed by atoms with Crippen LogP contribution in [-0.2, 0) is 9.47 Å². The minimum absolute atomic E-state index is 0.125. The maximum absolute atomic E-state index is 11.9. The largest absolute Gasteiger partial charge is 0.395 e. The van der Waals surface area contributed by atoms with Crippen LogP contribution in [0.25, 0.3) is 0 Å². The van der Waals surface area contributed by atoms with Crippen LogP contribution < -0.4 is 17.0 Å².